The first kappa shape index (κ1) is 17.7. The Bertz CT molecular complexity index is 229. The van der Waals surface area contributed by atoms with E-state index in [9.17, 15) is 4.79 Å². The van der Waals surface area contributed by atoms with Gasteiger partial charge in [0.25, 0.3) is 16.6 Å². The van der Waals surface area contributed by atoms with Crippen molar-refractivity contribution < 1.29 is 13.6 Å². The maximum Gasteiger partial charge on any atom is 0.480 e. The van der Waals surface area contributed by atoms with Crippen LogP contribution in [0.5, 0.6) is 0 Å². The number of hydrogen-bond donors (Lipinski definition) is 0. The van der Waals surface area contributed by atoms with Gasteiger partial charge in [0.1, 0.15) is 0 Å². The minimum Gasteiger partial charge on any atom is -0.490 e. The number of hydrogen-bond acceptors (Lipinski definition) is 3. The van der Waals surface area contributed by atoms with Crippen LogP contribution in [-0.4, -0.2) is 22.8 Å². The quantitative estimate of drug-likeness (QED) is 0.580. The predicted molar refractivity (Wildman–Crippen MR) is 82.0 cm³/mol. The molecule has 0 atom stereocenters. The minimum atomic E-state index is -1.87. The van der Waals surface area contributed by atoms with Crippen molar-refractivity contribution in [1.82, 2.24) is 0 Å². The lowest BCUT2D eigenvalue weighted by Gasteiger charge is -2.27. The third-order valence-corrected chi connectivity index (χ3v) is 7.54. The van der Waals surface area contributed by atoms with Crippen LogP contribution < -0.4 is 0 Å². The fourth-order valence-corrected chi connectivity index (χ4v) is 5.46. The van der Waals surface area contributed by atoms with E-state index in [1.807, 2.05) is 0 Å². The summed E-state index contributed by atoms with van der Waals surface area (Å²) in [6, 6.07) is 2.05. The Hall–Kier alpha value is -0.296. The molecule has 0 N–H and O–H groups in total. The summed E-state index contributed by atoms with van der Waals surface area (Å²) in [7, 11) is -3.74. The molecule has 0 aliphatic carbocycles. The van der Waals surface area contributed by atoms with Gasteiger partial charge < -0.3 is 8.85 Å². The molecule has 18 heavy (non-hydrogen) atoms. The molecule has 0 rings (SSSR count). The van der Waals surface area contributed by atoms with Crippen LogP contribution in [0, 0.1) is 0 Å². The van der Waals surface area contributed by atoms with Gasteiger partial charge in [-0.15, -0.1) is 0 Å². The van der Waals surface area contributed by atoms with Crippen LogP contribution in [0.3, 0.4) is 0 Å². The van der Waals surface area contributed by atoms with Crippen LogP contribution in [0.2, 0.25) is 38.3 Å². The molecule has 3 nitrogen and oxygen atoms in total. The Morgan fingerprint density at radius 3 is 1.44 bits per heavy atom. The Balaban J connectivity index is 4.16. The van der Waals surface area contributed by atoms with Crippen molar-refractivity contribution in [2.75, 3.05) is 0 Å². The molecule has 0 amide bonds. The summed E-state index contributed by atoms with van der Waals surface area (Å²) in [5, 5.41) is 0. The van der Waals surface area contributed by atoms with Crippen molar-refractivity contribution in [3.63, 3.8) is 0 Å². The summed E-state index contributed by atoms with van der Waals surface area (Å²) in [4.78, 5) is 11.8. The van der Waals surface area contributed by atoms with E-state index in [0.717, 1.165) is 37.8 Å². The molecule has 0 spiro atoms. The normalized spacial score (nSPS) is 12.3. The molecule has 0 aromatic rings. The maximum atomic E-state index is 11.8. The molecular formula is C13H30O3Si2. The average Bonchev–Trinajstić information content (AvgIpc) is 2.22. The molecule has 108 valence electrons. The fourth-order valence-electron chi connectivity index (χ4n) is 1.78. The van der Waals surface area contributed by atoms with Crippen LogP contribution in [0.1, 0.15) is 39.5 Å². The molecule has 0 radical (unpaired) electrons. The predicted octanol–water partition coefficient (Wildman–Crippen LogP) is 5.15. The van der Waals surface area contributed by atoms with Gasteiger partial charge in [0.05, 0.1) is 0 Å². The molecule has 0 unspecified atom stereocenters. The fraction of sp³-hybridized carbons (Fsp3) is 0.923. The Morgan fingerprint density at radius 1 is 0.833 bits per heavy atom. The number of rotatable bonds is 8. The third kappa shape index (κ3) is 8.75. The number of carbonyl (C=O) groups excluding carboxylic acids is 1. The first-order valence-electron chi connectivity index (χ1n) is 7.14. The highest BCUT2D eigenvalue weighted by atomic mass is 28.4. The van der Waals surface area contributed by atoms with Crippen molar-refractivity contribution in [3.8, 4) is 0 Å². The molecule has 0 fully saturated rings. The van der Waals surface area contributed by atoms with Gasteiger partial charge in [0.15, 0.2) is 0 Å². The van der Waals surface area contributed by atoms with E-state index in [0.29, 0.717) is 0 Å². The lowest BCUT2D eigenvalue weighted by molar-refractivity contribution is 0.146. The van der Waals surface area contributed by atoms with Crippen LogP contribution >= 0.6 is 0 Å². The third-order valence-electron chi connectivity index (χ3n) is 2.98. The second-order valence-corrected chi connectivity index (χ2v) is 14.6. The Kier molecular flexibility index (Phi) is 7.86. The molecular weight excluding hydrogens is 260 g/mol. The van der Waals surface area contributed by atoms with Gasteiger partial charge in [-0.2, -0.15) is 0 Å². The second-order valence-electron chi connectivity index (χ2n) is 6.18. The lowest BCUT2D eigenvalue weighted by atomic mass is 10.4. The van der Waals surface area contributed by atoms with Crippen molar-refractivity contribution in [1.29, 1.82) is 0 Å². The smallest absolute Gasteiger partial charge is 0.480 e. The molecule has 5 heteroatoms. The van der Waals surface area contributed by atoms with Crippen molar-refractivity contribution in [2.24, 2.45) is 0 Å². The summed E-state index contributed by atoms with van der Waals surface area (Å²) in [6.07, 6.45) is 4.12. The summed E-state index contributed by atoms with van der Waals surface area (Å²) in [5.41, 5.74) is 0. The molecule has 0 saturated carbocycles. The van der Waals surface area contributed by atoms with E-state index in [1.54, 1.807) is 0 Å². The second kappa shape index (κ2) is 7.99. The summed E-state index contributed by atoms with van der Waals surface area (Å²) in [6.45, 7) is 12.7. The molecule has 0 aliphatic heterocycles. The van der Waals surface area contributed by atoms with E-state index in [1.165, 1.54) is 0 Å². The zero-order valence-corrected chi connectivity index (χ0v) is 15.0. The van der Waals surface area contributed by atoms with E-state index >= 15 is 0 Å². The Labute approximate surface area is 115 Å². The SMILES string of the molecule is CCCC[Si](C)(C)OC(=O)O[Si](C)(C)CCCC. The summed E-state index contributed by atoms with van der Waals surface area (Å²) in [5.74, 6) is 0. The van der Waals surface area contributed by atoms with Gasteiger partial charge in [-0.05, 0) is 38.3 Å². The minimum absolute atomic E-state index is 0.421. The van der Waals surface area contributed by atoms with Crippen LogP contribution in [0.15, 0.2) is 0 Å². The first-order valence-corrected chi connectivity index (χ1v) is 13.4. The van der Waals surface area contributed by atoms with Gasteiger partial charge in [-0.1, -0.05) is 39.5 Å². The molecule has 0 aliphatic rings. The van der Waals surface area contributed by atoms with Crippen molar-refractivity contribution >= 4 is 22.8 Å². The van der Waals surface area contributed by atoms with E-state index in [2.05, 4.69) is 40.0 Å². The molecule has 0 aromatic heterocycles. The highest BCUT2D eigenvalue weighted by Crippen LogP contribution is 2.20. The van der Waals surface area contributed by atoms with Gasteiger partial charge in [-0.3, -0.25) is 0 Å². The maximum absolute atomic E-state index is 11.8. The van der Waals surface area contributed by atoms with Crippen molar-refractivity contribution in [3.05, 3.63) is 0 Å². The van der Waals surface area contributed by atoms with E-state index in [4.69, 9.17) is 8.85 Å². The van der Waals surface area contributed by atoms with Crippen LogP contribution in [0.25, 0.3) is 0 Å². The summed E-state index contributed by atoms with van der Waals surface area (Å²) >= 11 is 0. The molecule has 0 saturated heterocycles. The van der Waals surface area contributed by atoms with E-state index < -0.39 is 22.8 Å². The number of unbranched alkanes of at least 4 members (excludes halogenated alkanes) is 2. The van der Waals surface area contributed by atoms with Crippen molar-refractivity contribution in [2.45, 2.75) is 77.8 Å². The lowest BCUT2D eigenvalue weighted by Crippen LogP contribution is -2.39. The van der Waals surface area contributed by atoms with Gasteiger partial charge in [0, 0.05) is 0 Å². The summed E-state index contributed by atoms with van der Waals surface area (Å²) < 4.78 is 11.1. The largest absolute Gasteiger partial charge is 0.490 e. The topological polar surface area (TPSA) is 35.5 Å². The highest BCUT2D eigenvalue weighted by Gasteiger charge is 2.32. The molecule has 0 bridgehead atoms. The number of carbonyl (C=O) groups is 1. The zero-order chi connectivity index (χ0) is 14.2. The average molecular weight is 291 g/mol. The highest BCUT2D eigenvalue weighted by molar-refractivity contribution is 6.74. The molecule has 0 heterocycles. The van der Waals surface area contributed by atoms with Gasteiger partial charge in [-0.25, -0.2) is 4.79 Å². The zero-order valence-electron chi connectivity index (χ0n) is 13.0. The molecule has 0 aromatic carbocycles. The standard InChI is InChI=1S/C13H30O3Si2/c1-7-9-11-17(3,4)15-13(14)16-18(5,6)12-10-8-2/h7-12H2,1-6H3. The van der Waals surface area contributed by atoms with Crippen LogP contribution in [0.4, 0.5) is 4.79 Å². The Morgan fingerprint density at radius 2 is 1.17 bits per heavy atom. The van der Waals surface area contributed by atoms with Crippen LogP contribution in [-0.2, 0) is 8.85 Å². The van der Waals surface area contributed by atoms with E-state index in [-0.39, 0.29) is 0 Å². The van der Waals surface area contributed by atoms with Gasteiger partial charge in [0.2, 0.25) is 0 Å². The first-order chi connectivity index (χ1) is 8.22. The van der Waals surface area contributed by atoms with Gasteiger partial charge >= 0.3 is 6.16 Å². The monoisotopic (exact) mass is 290 g/mol.